The van der Waals surface area contributed by atoms with Gasteiger partial charge in [-0.05, 0) is 70.6 Å². The lowest BCUT2D eigenvalue weighted by atomic mass is 9.59. The summed E-state index contributed by atoms with van der Waals surface area (Å²) in [5, 5.41) is 20.0. The lowest BCUT2D eigenvalue weighted by molar-refractivity contribution is -0.123. The molecule has 0 radical (unpaired) electrons. The molecule has 4 aliphatic rings. The van der Waals surface area contributed by atoms with Gasteiger partial charge in [-0.25, -0.2) is 4.79 Å². The summed E-state index contributed by atoms with van der Waals surface area (Å²) in [4.78, 5) is 66.7. The summed E-state index contributed by atoms with van der Waals surface area (Å²) >= 11 is 3.20. The molecule has 3 aliphatic carbocycles. The first-order valence-electron chi connectivity index (χ1n) is 12.6. The number of aromatic hydroxyl groups is 1. The molecule has 0 spiro atoms. The van der Waals surface area contributed by atoms with Crippen molar-refractivity contribution in [3.63, 3.8) is 0 Å². The second-order valence-electron chi connectivity index (χ2n) is 10.2. The highest BCUT2D eigenvalue weighted by atomic mass is 79.9. The van der Waals surface area contributed by atoms with Gasteiger partial charge in [0.1, 0.15) is 0 Å². The van der Waals surface area contributed by atoms with Gasteiger partial charge in [0.25, 0.3) is 0 Å². The highest BCUT2D eigenvalue weighted by molar-refractivity contribution is 9.12. The summed E-state index contributed by atoms with van der Waals surface area (Å²) in [7, 11) is 1.42. The number of fused-ring (bicyclic) bond motifs is 3. The highest BCUT2D eigenvalue weighted by Gasteiger charge is 2.56. The van der Waals surface area contributed by atoms with Crippen molar-refractivity contribution in [1.82, 2.24) is 0 Å². The van der Waals surface area contributed by atoms with Crippen molar-refractivity contribution in [3.05, 3.63) is 86.9 Å². The quantitative estimate of drug-likeness (QED) is 0.303. The molecule has 2 N–H and O–H groups in total. The van der Waals surface area contributed by atoms with Crippen LogP contribution in [-0.4, -0.2) is 46.7 Å². The fourth-order valence-corrected chi connectivity index (χ4v) is 6.95. The Balaban J connectivity index is 1.47. The molecule has 6 rings (SSSR count). The van der Waals surface area contributed by atoms with Crippen molar-refractivity contribution in [2.45, 2.75) is 18.8 Å². The summed E-state index contributed by atoms with van der Waals surface area (Å²) in [5.41, 5.74) is 1.97. The van der Waals surface area contributed by atoms with Gasteiger partial charge in [0.05, 0.1) is 34.7 Å². The zero-order valence-electron chi connectivity index (χ0n) is 21.1. The average molecular weight is 604 g/mol. The van der Waals surface area contributed by atoms with Crippen LogP contribution in [0.5, 0.6) is 11.5 Å². The van der Waals surface area contributed by atoms with Crippen LogP contribution >= 0.6 is 15.9 Å². The topological polar surface area (TPSA) is 138 Å². The van der Waals surface area contributed by atoms with Crippen LogP contribution in [0.15, 0.2) is 75.8 Å². The Bertz CT molecular complexity index is 1650. The van der Waals surface area contributed by atoms with E-state index in [1.54, 1.807) is 12.1 Å². The number of phenols is 1. The van der Waals surface area contributed by atoms with Crippen LogP contribution in [0.25, 0.3) is 0 Å². The molecule has 2 amide bonds. The zero-order chi connectivity index (χ0) is 28.5. The van der Waals surface area contributed by atoms with Crippen LogP contribution in [0.3, 0.4) is 0 Å². The van der Waals surface area contributed by atoms with E-state index in [0.717, 1.165) is 10.5 Å². The Hall–Kier alpha value is -4.31. The van der Waals surface area contributed by atoms with E-state index in [-0.39, 0.29) is 57.2 Å². The van der Waals surface area contributed by atoms with Gasteiger partial charge in [0.15, 0.2) is 23.1 Å². The van der Waals surface area contributed by atoms with E-state index >= 15 is 0 Å². The molecule has 0 saturated carbocycles. The van der Waals surface area contributed by atoms with Gasteiger partial charge >= 0.3 is 5.97 Å². The molecule has 9 nitrogen and oxygen atoms in total. The second-order valence-corrected chi connectivity index (χ2v) is 11.0. The summed E-state index contributed by atoms with van der Waals surface area (Å²) in [6.45, 7) is 0. The van der Waals surface area contributed by atoms with Crippen molar-refractivity contribution in [1.29, 1.82) is 0 Å². The number of ether oxygens (including phenoxy) is 1. The number of carboxylic acid groups (broad SMARTS) is 1. The SMILES string of the molecule is COc1ccc(C2C3=CCC4C(=O)N(c5cccc(C(=O)O)c5)C(=O)C4C3CC3=C2C(=O)C=C(Br)C3=O)cc1O. The van der Waals surface area contributed by atoms with E-state index < -0.39 is 41.5 Å². The molecule has 1 aliphatic heterocycles. The van der Waals surface area contributed by atoms with Crippen LogP contribution in [0.4, 0.5) is 5.69 Å². The maximum absolute atomic E-state index is 13.9. The fraction of sp³-hybridized carbons (Fsp3) is 0.233. The number of anilines is 1. The van der Waals surface area contributed by atoms with Gasteiger partial charge in [-0.2, -0.15) is 0 Å². The maximum atomic E-state index is 13.9. The summed E-state index contributed by atoms with van der Waals surface area (Å²) in [5.74, 6) is -5.47. The van der Waals surface area contributed by atoms with Crippen LogP contribution in [0.1, 0.15) is 34.7 Å². The van der Waals surface area contributed by atoms with E-state index in [4.69, 9.17) is 4.74 Å². The Morgan fingerprint density at radius 3 is 2.52 bits per heavy atom. The Kier molecular flexibility index (Phi) is 6.10. The van der Waals surface area contributed by atoms with Gasteiger partial charge in [-0.1, -0.05) is 23.8 Å². The third kappa shape index (κ3) is 3.77. The number of hydrogen-bond acceptors (Lipinski definition) is 7. The first-order chi connectivity index (χ1) is 19.1. The molecule has 40 heavy (non-hydrogen) atoms. The van der Waals surface area contributed by atoms with Gasteiger partial charge in [0, 0.05) is 23.1 Å². The highest BCUT2D eigenvalue weighted by Crippen LogP contribution is 2.56. The number of methoxy groups -OCH3 is 1. The Morgan fingerprint density at radius 1 is 1.05 bits per heavy atom. The molecular formula is C30H22BrNO8. The lowest BCUT2D eigenvalue weighted by Gasteiger charge is -2.42. The number of allylic oxidation sites excluding steroid dienone is 6. The number of carbonyl (C=O) groups excluding carboxylic acids is 4. The first-order valence-corrected chi connectivity index (χ1v) is 13.4. The molecule has 202 valence electrons. The third-order valence-electron chi connectivity index (χ3n) is 8.22. The molecule has 10 heteroatoms. The van der Waals surface area contributed by atoms with Gasteiger partial charge < -0.3 is 14.9 Å². The zero-order valence-corrected chi connectivity index (χ0v) is 22.7. The molecule has 0 aromatic heterocycles. The number of halogens is 1. The smallest absolute Gasteiger partial charge is 0.335 e. The number of benzene rings is 2. The number of hydrogen-bond donors (Lipinski definition) is 2. The normalized spacial score (nSPS) is 25.7. The number of carboxylic acids is 1. The predicted molar refractivity (Wildman–Crippen MR) is 145 cm³/mol. The number of aromatic carboxylic acids is 1. The molecular weight excluding hydrogens is 582 g/mol. The third-order valence-corrected chi connectivity index (χ3v) is 8.81. The molecule has 4 atom stereocenters. The number of ketones is 2. The van der Waals surface area contributed by atoms with Crippen LogP contribution < -0.4 is 9.64 Å². The largest absolute Gasteiger partial charge is 0.504 e. The lowest BCUT2D eigenvalue weighted by Crippen LogP contribution is -2.39. The standard InChI is InChI=1S/C30H22BrNO8/c1-40-23-8-5-13(10-21(23)33)24-16-6-7-17-25(18(16)11-19-26(24)22(34)12-20(31)27(19)35)29(37)32(28(17)36)15-4-2-3-14(9-15)30(38)39/h2-6,8-10,12,17-18,24-25,33H,7,11H2,1H3,(H,38,39). The fourth-order valence-electron chi connectivity index (χ4n) is 6.51. The summed E-state index contributed by atoms with van der Waals surface area (Å²) in [6, 6.07) is 10.4. The summed E-state index contributed by atoms with van der Waals surface area (Å²) in [6.07, 6.45) is 3.44. The number of phenolic OH excluding ortho intramolecular Hbond substituents is 1. The van der Waals surface area contributed by atoms with E-state index in [1.807, 2.05) is 6.08 Å². The maximum Gasteiger partial charge on any atom is 0.335 e. The molecule has 4 unspecified atom stereocenters. The number of carbonyl (C=O) groups is 5. The minimum Gasteiger partial charge on any atom is -0.504 e. The Morgan fingerprint density at radius 2 is 1.82 bits per heavy atom. The van der Waals surface area contributed by atoms with E-state index in [9.17, 15) is 34.2 Å². The minimum atomic E-state index is -1.18. The number of amides is 2. The molecule has 0 bridgehead atoms. The average Bonchev–Trinajstić information content (AvgIpc) is 3.20. The number of Topliss-reactive ketones (excluding diaryl/α,β-unsaturated/α-hetero) is 1. The molecule has 2 aromatic rings. The second kappa shape index (κ2) is 9.41. The van der Waals surface area contributed by atoms with Gasteiger partial charge in [0.2, 0.25) is 11.8 Å². The number of nitrogens with zero attached hydrogens (tertiary/aromatic N) is 1. The molecule has 1 heterocycles. The van der Waals surface area contributed by atoms with E-state index in [1.165, 1.54) is 43.5 Å². The van der Waals surface area contributed by atoms with Gasteiger partial charge in [-0.3, -0.25) is 24.1 Å². The van der Waals surface area contributed by atoms with Crippen molar-refractivity contribution in [2.75, 3.05) is 12.0 Å². The van der Waals surface area contributed by atoms with E-state index in [0.29, 0.717) is 11.1 Å². The number of rotatable bonds is 4. The molecule has 1 saturated heterocycles. The molecule has 2 aromatic carbocycles. The van der Waals surface area contributed by atoms with Crippen molar-refractivity contribution >= 4 is 51.0 Å². The van der Waals surface area contributed by atoms with Crippen molar-refractivity contribution in [3.8, 4) is 11.5 Å². The first kappa shape index (κ1) is 25.9. The van der Waals surface area contributed by atoms with Crippen molar-refractivity contribution < 1.29 is 38.9 Å². The Labute approximate surface area is 236 Å². The van der Waals surface area contributed by atoms with Gasteiger partial charge in [-0.15, -0.1) is 0 Å². The molecule has 1 fully saturated rings. The minimum absolute atomic E-state index is 0.0541. The van der Waals surface area contributed by atoms with Crippen LogP contribution in [-0.2, 0) is 19.2 Å². The monoisotopic (exact) mass is 603 g/mol. The van der Waals surface area contributed by atoms with Crippen LogP contribution in [0.2, 0.25) is 0 Å². The number of imide groups is 1. The van der Waals surface area contributed by atoms with Crippen molar-refractivity contribution in [2.24, 2.45) is 17.8 Å². The summed E-state index contributed by atoms with van der Waals surface area (Å²) < 4.78 is 5.29. The van der Waals surface area contributed by atoms with E-state index in [2.05, 4.69) is 15.9 Å². The van der Waals surface area contributed by atoms with Crippen LogP contribution in [0, 0.1) is 17.8 Å². The predicted octanol–water partition coefficient (Wildman–Crippen LogP) is 4.07.